The Kier molecular flexibility index (Phi) is 5.88. The van der Waals surface area contributed by atoms with E-state index in [0.29, 0.717) is 19.5 Å². The Morgan fingerprint density at radius 1 is 1.35 bits per heavy atom. The summed E-state index contributed by atoms with van der Waals surface area (Å²) in [6.07, 6.45) is 1.53. The summed E-state index contributed by atoms with van der Waals surface area (Å²) in [6, 6.07) is 2.44. The third-order valence-corrected chi connectivity index (χ3v) is 5.21. The van der Waals surface area contributed by atoms with Crippen molar-refractivity contribution < 1.29 is 17.2 Å². The van der Waals surface area contributed by atoms with Crippen LogP contribution in [0.3, 0.4) is 0 Å². The highest BCUT2D eigenvalue weighted by Gasteiger charge is 2.31. The number of hydrogen-bond donors (Lipinski definition) is 1. The summed E-state index contributed by atoms with van der Waals surface area (Å²) in [5.74, 6) is -1.64. The summed E-state index contributed by atoms with van der Waals surface area (Å²) in [6.45, 7) is 0.960. The highest BCUT2D eigenvalue weighted by atomic mass is 35.5. The number of nitrogens with zero attached hydrogens (tertiary/aromatic N) is 1. The van der Waals surface area contributed by atoms with Crippen LogP contribution in [0.1, 0.15) is 12.8 Å². The summed E-state index contributed by atoms with van der Waals surface area (Å²) in [4.78, 5) is -0.606. The summed E-state index contributed by atoms with van der Waals surface area (Å²) < 4.78 is 52.5. The molecule has 0 saturated carbocycles. The van der Waals surface area contributed by atoms with Crippen LogP contribution in [0.5, 0.6) is 0 Å². The van der Waals surface area contributed by atoms with Crippen molar-refractivity contribution in [1.29, 1.82) is 0 Å². The number of hydrogen-bond acceptors (Lipinski definition) is 3. The minimum Gasteiger partial charge on any atom is -0.330 e. The summed E-state index contributed by atoms with van der Waals surface area (Å²) in [5.41, 5.74) is 5.55. The first-order valence-electron chi connectivity index (χ1n) is 6.10. The van der Waals surface area contributed by atoms with E-state index in [9.17, 15) is 17.2 Å². The maximum atomic E-state index is 13.6. The van der Waals surface area contributed by atoms with Gasteiger partial charge in [0.25, 0.3) is 0 Å². The van der Waals surface area contributed by atoms with E-state index in [4.69, 9.17) is 5.73 Å². The van der Waals surface area contributed by atoms with Crippen molar-refractivity contribution in [3.05, 3.63) is 29.8 Å². The van der Waals surface area contributed by atoms with E-state index in [1.54, 1.807) is 0 Å². The van der Waals surface area contributed by atoms with E-state index in [0.717, 1.165) is 24.6 Å². The molecule has 1 aromatic carbocycles. The van der Waals surface area contributed by atoms with Crippen LogP contribution in [0.25, 0.3) is 0 Å². The first-order valence-corrected chi connectivity index (χ1v) is 7.54. The zero-order valence-electron chi connectivity index (χ0n) is 10.8. The van der Waals surface area contributed by atoms with Crippen molar-refractivity contribution >= 4 is 22.4 Å². The van der Waals surface area contributed by atoms with Gasteiger partial charge in [0.05, 0.1) is 0 Å². The number of piperidine rings is 1. The second kappa shape index (κ2) is 6.80. The lowest BCUT2D eigenvalue weighted by atomic mass is 10.0. The standard InChI is InChI=1S/C12H16F2N2O2S.ClH/c13-10-3-4-11(14)12(6-10)19(17,18)16-5-1-2-9(7-15)8-16;/h3-4,6,9H,1-2,5,7-8,15H2;1H. The Morgan fingerprint density at radius 2 is 2.05 bits per heavy atom. The fourth-order valence-electron chi connectivity index (χ4n) is 2.25. The van der Waals surface area contributed by atoms with Gasteiger partial charge in [-0.25, -0.2) is 17.2 Å². The highest BCUT2D eigenvalue weighted by Crippen LogP contribution is 2.25. The van der Waals surface area contributed by atoms with Gasteiger partial charge in [-0.3, -0.25) is 0 Å². The lowest BCUT2D eigenvalue weighted by molar-refractivity contribution is 0.270. The van der Waals surface area contributed by atoms with Crippen LogP contribution in [-0.4, -0.2) is 32.4 Å². The Morgan fingerprint density at radius 3 is 2.70 bits per heavy atom. The van der Waals surface area contributed by atoms with E-state index in [1.807, 2.05) is 0 Å². The third kappa shape index (κ3) is 3.46. The van der Waals surface area contributed by atoms with Crippen LogP contribution in [0.4, 0.5) is 8.78 Å². The Balaban J connectivity index is 0.00000200. The van der Waals surface area contributed by atoms with Gasteiger partial charge in [0.1, 0.15) is 16.5 Å². The van der Waals surface area contributed by atoms with Crippen molar-refractivity contribution in [2.75, 3.05) is 19.6 Å². The maximum Gasteiger partial charge on any atom is 0.246 e. The van der Waals surface area contributed by atoms with E-state index in [-0.39, 0.29) is 24.9 Å². The molecule has 0 aromatic heterocycles. The molecule has 1 aromatic rings. The fraction of sp³-hybridized carbons (Fsp3) is 0.500. The molecule has 0 radical (unpaired) electrons. The molecule has 4 nitrogen and oxygen atoms in total. The third-order valence-electron chi connectivity index (χ3n) is 3.33. The number of halogens is 3. The molecular weight excluding hydrogens is 310 g/mol. The largest absolute Gasteiger partial charge is 0.330 e. The Labute approximate surface area is 123 Å². The topological polar surface area (TPSA) is 63.4 Å². The molecule has 2 rings (SSSR count). The Hall–Kier alpha value is -0.760. The van der Waals surface area contributed by atoms with Crippen LogP contribution in [0, 0.1) is 17.6 Å². The van der Waals surface area contributed by atoms with Gasteiger partial charge >= 0.3 is 0 Å². The number of rotatable bonds is 3. The summed E-state index contributed by atoms with van der Waals surface area (Å²) >= 11 is 0. The molecule has 2 N–H and O–H groups in total. The predicted octanol–water partition coefficient (Wildman–Crippen LogP) is 1.75. The van der Waals surface area contributed by atoms with Gasteiger partial charge in [0.15, 0.2) is 0 Å². The van der Waals surface area contributed by atoms with Gasteiger partial charge < -0.3 is 5.73 Å². The lowest BCUT2D eigenvalue weighted by Crippen LogP contribution is -2.42. The van der Waals surface area contributed by atoms with Gasteiger partial charge in [-0.1, -0.05) is 0 Å². The average Bonchev–Trinajstić information content (AvgIpc) is 2.41. The SMILES string of the molecule is Cl.NCC1CCCN(S(=O)(=O)c2cc(F)ccc2F)C1. The van der Waals surface area contributed by atoms with Crippen molar-refractivity contribution in [3.63, 3.8) is 0 Å². The number of nitrogens with two attached hydrogens (primary N) is 1. The molecule has 20 heavy (non-hydrogen) atoms. The van der Waals surface area contributed by atoms with Gasteiger partial charge in [0.2, 0.25) is 10.0 Å². The van der Waals surface area contributed by atoms with E-state index >= 15 is 0 Å². The maximum absolute atomic E-state index is 13.6. The van der Waals surface area contributed by atoms with Crippen molar-refractivity contribution in [2.45, 2.75) is 17.7 Å². The van der Waals surface area contributed by atoms with Gasteiger partial charge in [-0.15, -0.1) is 12.4 Å². The molecule has 1 atom stereocenters. The monoisotopic (exact) mass is 326 g/mol. The molecular formula is C12H17ClF2N2O2S. The Bertz CT molecular complexity index is 569. The smallest absolute Gasteiger partial charge is 0.246 e. The second-order valence-electron chi connectivity index (χ2n) is 4.68. The quantitative estimate of drug-likeness (QED) is 0.920. The predicted molar refractivity (Wildman–Crippen MR) is 74.1 cm³/mol. The molecule has 1 heterocycles. The molecule has 1 saturated heterocycles. The van der Waals surface area contributed by atoms with Crippen LogP contribution >= 0.6 is 12.4 Å². The van der Waals surface area contributed by atoms with Crippen molar-refractivity contribution in [2.24, 2.45) is 11.7 Å². The molecule has 0 spiro atoms. The minimum absolute atomic E-state index is 0. The molecule has 8 heteroatoms. The summed E-state index contributed by atoms with van der Waals surface area (Å²) in [7, 11) is -4.00. The van der Waals surface area contributed by atoms with Gasteiger partial charge in [-0.2, -0.15) is 4.31 Å². The number of benzene rings is 1. The number of sulfonamides is 1. The zero-order chi connectivity index (χ0) is 14.0. The van der Waals surface area contributed by atoms with Crippen LogP contribution in [-0.2, 0) is 10.0 Å². The first kappa shape index (κ1) is 17.3. The second-order valence-corrected chi connectivity index (χ2v) is 6.59. The normalized spacial score (nSPS) is 20.4. The van der Waals surface area contributed by atoms with Gasteiger partial charge in [-0.05, 0) is 43.5 Å². The highest BCUT2D eigenvalue weighted by molar-refractivity contribution is 7.89. The molecule has 0 bridgehead atoms. The van der Waals surface area contributed by atoms with Gasteiger partial charge in [0, 0.05) is 13.1 Å². The van der Waals surface area contributed by atoms with Crippen molar-refractivity contribution in [3.8, 4) is 0 Å². The zero-order valence-corrected chi connectivity index (χ0v) is 12.4. The molecule has 1 unspecified atom stereocenters. The van der Waals surface area contributed by atoms with Crippen molar-refractivity contribution in [1.82, 2.24) is 4.31 Å². The fourth-order valence-corrected chi connectivity index (χ4v) is 3.88. The molecule has 1 fully saturated rings. The molecule has 1 aliphatic rings. The molecule has 0 aliphatic carbocycles. The van der Waals surface area contributed by atoms with Crippen LogP contribution in [0.15, 0.2) is 23.1 Å². The molecule has 1 aliphatic heterocycles. The molecule has 114 valence electrons. The van der Waals surface area contributed by atoms with Crippen LogP contribution < -0.4 is 5.73 Å². The van der Waals surface area contributed by atoms with E-state index in [2.05, 4.69) is 0 Å². The van der Waals surface area contributed by atoms with E-state index in [1.165, 1.54) is 4.31 Å². The minimum atomic E-state index is -4.00. The first-order chi connectivity index (χ1) is 8.95. The lowest BCUT2D eigenvalue weighted by Gasteiger charge is -2.31. The van der Waals surface area contributed by atoms with Crippen LogP contribution in [0.2, 0.25) is 0 Å². The molecule has 0 amide bonds. The average molecular weight is 327 g/mol. The van der Waals surface area contributed by atoms with E-state index < -0.39 is 26.6 Å². The summed E-state index contributed by atoms with van der Waals surface area (Å²) in [5, 5.41) is 0.